The van der Waals surface area contributed by atoms with E-state index in [0.717, 1.165) is 5.69 Å². The molecule has 1 saturated heterocycles. The van der Waals surface area contributed by atoms with Crippen LogP contribution in [0.2, 0.25) is 0 Å². The fraction of sp³-hybridized carbons (Fsp3) is 0.222. The number of anilines is 1. The number of para-hydroxylation sites is 1. The standard InChI is InChI=1S/C9H9NO2/c11-9(12)8-6-10(8)7-4-2-1-3-5-7/h1-5,8H,6H2,(H,11,12)/t8-,10?/m1/s1. The maximum Gasteiger partial charge on any atom is 0.328 e. The molecule has 12 heavy (non-hydrogen) atoms. The predicted molar refractivity (Wildman–Crippen MR) is 45.2 cm³/mol. The van der Waals surface area contributed by atoms with Crippen molar-refractivity contribution in [1.82, 2.24) is 0 Å². The molecule has 1 heterocycles. The second-order valence-electron chi connectivity index (χ2n) is 2.84. The van der Waals surface area contributed by atoms with Crippen molar-refractivity contribution in [2.24, 2.45) is 0 Å². The molecule has 2 rings (SSSR count). The van der Waals surface area contributed by atoms with E-state index in [0.29, 0.717) is 6.54 Å². The molecular weight excluding hydrogens is 154 g/mol. The van der Waals surface area contributed by atoms with Gasteiger partial charge in [-0.2, -0.15) is 0 Å². The van der Waals surface area contributed by atoms with Gasteiger partial charge in [-0.15, -0.1) is 0 Å². The van der Waals surface area contributed by atoms with Crippen molar-refractivity contribution in [2.75, 3.05) is 11.4 Å². The summed E-state index contributed by atoms with van der Waals surface area (Å²) in [6.07, 6.45) is 0. The van der Waals surface area contributed by atoms with E-state index in [-0.39, 0.29) is 6.04 Å². The van der Waals surface area contributed by atoms with Crippen LogP contribution in [-0.4, -0.2) is 23.7 Å². The van der Waals surface area contributed by atoms with Gasteiger partial charge in [0.2, 0.25) is 0 Å². The van der Waals surface area contributed by atoms with E-state index in [4.69, 9.17) is 5.11 Å². The van der Waals surface area contributed by atoms with Crippen LogP contribution < -0.4 is 4.90 Å². The number of carboxylic acid groups (broad SMARTS) is 1. The summed E-state index contributed by atoms with van der Waals surface area (Å²) in [5.74, 6) is -0.737. The highest BCUT2D eigenvalue weighted by atomic mass is 16.4. The van der Waals surface area contributed by atoms with Gasteiger partial charge in [0.1, 0.15) is 6.04 Å². The first kappa shape index (κ1) is 7.16. The van der Waals surface area contributed by atoms with Gasteiger partial charge in [0.15, 0.2) is 0 Å². The first-order valence-corrected chi connectivity index (χ1v) is 3.83. The molecule has 0 spiro atoms. The SMILES string of the molecule is O=C(O)[C@H]1CN1c1ccccc1. The monoisotopic (exact) mass is 163 g/mol. The fourth-order valence-corrected chi connectivity index (χ4v) is 1.26. The van der Waals surface area contributed by atoms with Gasteiger partial charge in [-0.3, -0.25) is 0 Å². The van der Waals surface area contributed by atoms with Gasteiger partial charge >= 0.3 is 5.97 Å². The summed E-state index contributed by atoms with van der Waals surface area (Å²) >= 11 is 0. The first-order valence-electron chi connectivity index (χ1n) is 3.83. The third kappa shape index (κ3) is 1.13. The molecule has 0 radical (unpaired) electrons. The van der Waals surface area contributed by atoms with Gasteiger partial charge < -0.3 is 10.0 Å². The molecule has 0 bridgehead atoms. The molecule has 0 aromatic heterocycles. The smallest absolute Gasteiger partial charge is 0.328 e. The number of carbonyl (C=O) groups is 1. The number of carboxylic acids is 1. The second-order valence-corrected chi connectivity index (χ2v) is 2.84. The number of rotatable bonds is 2. The minimum absolute atomic E-state index is 0.299. The van der Waals surface area contributed by atoms with Crippen molar-refractivity contribution in [3.8, 4) is 0 Å². The summed E-state index contributed by atoms with van der Waals surface area (Å²) in [6.45, 7) is 0.638. The third-order valence-corrected chi connectivity index (χ3v) is 1.99. The molecule has 3 heteroatoms. The van der Waals surface area contributed by atoms with Crippen molar-refractivity contribution in [1.29, 1.82) is 0 Å². The number of hydrogen-bond acceptors (Lipinski definition) is 2. The molecule has 1 N–H and O–H groups in total. The molecular formula is C9H9NO2. The highest BCUT2D eigenvalue weighted by Gasteiger charge is 2.40. The fourth-order valence-electron chi connectivity index (χ4n) is 1.26. The minimum atomic E-state index is -0.737. The predicted octanol–water partition coefficient (Wildman–Crippen LogP) is 0.960. The normalized spacial score (nSPS) is 20.7. The van der Waals surface area contributed by atoms with Crippen molar-refractivity contribution in [3.63, 3.8) is 0 Å². The molecule has 1 fully saturated rings. The Morgan fingerprint density at radius 1 is 1.42 bits per heavy atom. The molecule has 1 aliphatic heterocycles. The Morgan fingerprint density at radius 2 is 2.08 bits per heavy atom. The van der Waals surface area contributed by atoms with Gasteiger partial charge in [0.05, 0.1) is 6.54 Å². The number of nitrogens with zero attached hydrogens (tertiary/aromatic N) is 1. The number of hydrogen-bond donors (Lipinski definition) is 1. The summed E-state index contributed by atoms with van der Waals surface area (Å²) in [5, 5.41) is 8.64. The summed E-state index contributed by atoms with van der Waals surface area (Å²) in [4.78, 5) is 12.4. The quantitative estimate of drug-likeness (QED) is 0.660. The zero-order valence-corrected chi connectivity index (χ0v) is 6.47. The molecule has 1 aromatic rings. The van der Waals surface area contributed by atoms with Gasteiger partial charge in [-0.1, -0.05) is 18.2 Å². The Morgan fingerprint density at radius 3 is 2.58 bits per heavy atom. The summed E-state index contributed by atoms with van der Waals surface area (Å²) in [6, 6.07) is 9.28. The maximum absolute atomic E-state index is 10.5. The number of benzene rings is 1. The second kappa shape index (κ2) is 2.52. The molecule has 3 nitrogen and oxygen atoms in total. The van der Waals surface area contributed by atoms with Gasteiger partial charge in [0, 0.05) is 5.69 Å². The van der Waals surface area contributed by atoms with Crippen LogP contribution in [0.5, 0.6) is 0 Å². The first-order chi connectivity index (χ1) is 5.79. The lowest BCUT2D eigenvalue weighted by molar-refractivity contribution is -0.136. The Balaban J connectivity index is 2.11. The van der Waals surface area contributed by atoms with E-state index < -0.39 is 5.97 Å². The number of aliphatic carboxylic acids is 1. The van der Waals surface area contributed by atoms with E-state index in [2.05, 4.69) is 0 Å². The van der Waals surface area contributed by atoms with Gasteiger partial charge in [-0.05, 0) is 12.1 Å². The van der Waals surface area contributed by atoms with Crippen molar-refractivity contribution < 1.29 is 9.90 Å². The van der Waals surface area contributed by atoms with E-state index >= 15 is 0 Å². The van der Waals surface area contributed by atoms with E-state index in [1.165, 1.54) is 0 Å². The minimum Gasteiger partial charge on any atom is -0.480 e. The lowest BCUT2D eigenvalue weighted by atomic mass is 10.3. The summed E-state index contributed by atoms with van der Waals surface area (Å²) in [7, 11) is 0. The molecule has 1 aromatic carbocycles. The molecule has 0 aliphatic carbocycles. The van der Waals surface area contributed by atoms with E-state index in [1.54, 1.807) is 0 Å². The van der Waals surface area contributed by atoms with Gasteiger partial charge in [-0.25, -0.2) is 4.79 Å². The van der Waals surface area contributed by atoms with Crippen molar-refractivity contribution >= 4 is 11.7 Å². The topological polar surface area (TPSA) is 40.3 Å². The van der Waals surface area contributed by atoms with Gasteiger partial charge in [0.25, 0.3) is 0 Å². The van der Waals surface area contributed by atoms with E-state index in [9.17, 15) is 4.79 Å². The van der Waals surface area contributed by atoms with Crippen LogP contribution in [0.4, 0.5) is 5.69 Å². The van der Waals surface area contributed by atoms with Crippen molar-refractivity contribution in [3.05, 3.63) is 30.3 Å². The Bertz CT molecular complexity index is 297. The average Bonchev–Trinajstić information content (AvgIpc) is 2.84. The highest BCUT2D eigenvalue weighted by molar-refractivity contribution is 5.84. The van der Waals surface area contributed by atoms with Crippen LogP contribution in [0.25, 0.3) is 0 Å². The molecule has 62 valence electrons. The lowest BCUT2D eigenvalue weighted by Crippen LogP contribution is -2.10. The Hall–Kier alpha value is -1.51. The molecule has 0 saturated carbocycles. The van der Waals surface area contributed by atoms with Crippen LogP contribution in [-0.2, 0) is 4.79 Å². The molecule has 0 unspecified atom stereocenters. The van der Waals surface area contributed by atoms with Crippen molar-refractivity contribution in [2.45, 2.75) is 6.04 Å². The Labute approximate surface area is 70.2 Å². The maximum atomic E-state index is 10.5. The summed E-state index contributed by atoms with van der Waals surface area (Å²) in [5.41, 5.74) is 0.991. The zero-order chi connectivity index (χ0) is 8.55. The molecule has 0 amide bonds. The largest absolute Gasteiger partial charge is 0.480 e. The molecule has 1 aliphatic rings. The summed E-state index contributed by atoms with van der Waals surface area (Å²) < 4.78 is 0. The molecule has 1 atom stereocenters. The third-order valence-electron chi connectivity index (χ3n) is 1.99. The van der Waals surface area contributed by atoms with Crippen LogP contribution in [0.15, 0.2) is 30.3 Å². The Kier molecular flexibility index (Phi) is 1.50. The highest BCUT2D eigenvalue weighted by Crippen LogP contribution is 2.26. The van der Waals surface area contributed by atoms with Crippen LogP contribution in [0, 0.1) is 0 Å². The van der Waals surface area contributed by atoms with Crippen LogP contribution >= 0.6 is 0 Å². The van der Waals surface area contributed by atoms with Crippen LogP contribution in [0.1, 0.15) is 0 Å². The zero-order valence-electron chi connectivity index (χ0n) is 6.47. The van der Waals surface area contributed by atoms with E-state index in [1.807, 2.05) is 35.2 Å². The average molecular weight is 163 g/mol. The van der Waals surface area contributed by atoms with Crippen LogP contribution in [0.3, 0.4) is 0 Å². The lowest BCUT2D eigenvalue weighted by Gasteiger charge is -2.01.